The molecule has 0 spiro atoms. The van der Waals surface area contributed by atoms with E-state index in [-0.39, 0.29) is 24.3 Å². The van der Waals surface area contributed by atoms with Crippen molar-refractivity contribution in [3.63, 3.8) is 0 Å². The highest BCUT2D eigenvalue weighted by Crippen LogP contribution is 2.31. The molecule has 0 aliphatic carbocycles. The van der Waals surface area contributed by atoms with Gasteiger partial charge in [-0.05, 0) is 76.3 Å². The van der Waals surface area contributed by atoms with Crippen LogP contribution in [-0.4, -0.2) is 67.5 Å². The number of hydrogen-bond acceptors (Lipinski definition) is 5. The number of benzene rings is 3. The van der Waals surface area contributed by atoms with Crippen molar-refractivity contribution in [2.45, 2.75) is 83.8 Å². The fraction of sp³-hybridized carbons (Fsp3) is 0.432. The lowest BCUT2D eigenvalue weighted by Crippen LogP contribution is -2.47. The first-order valence-electron chi connectivity index (χ1n) is 16.6. The number of para-hydroxylation sites is 2. The van der Waals surface area contributed by atoms with Gasteiger partial charge in [-0.2, -0.15) is 0 Å². The van der Waals surface area contributed by atoms with Gasteiger partial charge in [0.1, 0.15) is 5.60 Å². The minimum absolute atomic E-state index is 0.141. The molecular weight excluding hydrogens is 594 g/mol. The number of fused-ring (bicyclic) bond motifs is 1. The highest BCUT2D eigenvalue weighted by molar-refractivity contribution is 5.76. The van der Waals surface area contributed by atoms with Gasteiger partial charge in [0.25, 0.3) is 0 Å². The fourth-order valence-corrected chi connectivity index (χ4v) is 6.62. The Hall–Kier alpha value is -4.57. The van der Waals surface area contributed by atoms with E-state index in [2.05, 4.69) is 58.7 Å². The maximum absolute atomic E-state index is 13.9. The highest BCUT2D eigenvalue weighted by Gasteiger charge is 2.34. The molecule has 2 amide bonds. The van der Waals surface area contributed by atoms with E-state index >= 15 is 0 Å². The molecule has 47 heavy (non-hydrogen) atoms. The fourth-order valence-electron chi connectivity index (χ4n) is 6.62. The van der Waals surface area contributed by atoms with Crippen LogP contribution in [0.2, 0.25) is 0 Å². The summed E-state index contributed by atoms with van der Waals surface area (Å²) in [4.78, 5) is 42.4. The molecular formula is C37H47N5O5. The van der Waals surface area contributed by atoms with Crippen molar-refractivity contribution < 1.29 is 19.4 Å². The second-order valence-electron chi connectivity index (χ2n) is 13.4. The summed E-state index contributed by atoms with van der Waals surface area (Å²) >= 11 is 0. The van der Waals surface area contributed by atoms with Crippen molar-refractivity contribution in [2.24, 2.45) is 0 Å². The predicted octanol–water partition coefficient (Wildman–Crippen LogP) is 6.49. The number of piperidine rings is 1. The number of imidazole rings is 1. The lowest BCUT2D eigenvalue weighted by atomic mass is 9.93. The van der Waals surface area contributed by atoms with Crippen LogP contribution < -0.4 is 11.0 Å². The molecule has 2 heterocycles. The summed E-state index contributed by atoms with van der Waals surface area (Å²) in [7, 11) is 0. The summed E-state index contributed by atoms with van der Waals surface area (Å²) in [6, 6.07) is 28.1. The third kappa shape index (κ3) is 9.04. The van der Waals surface area contributed by atoms with Crippen molar-refractivity contribution >= 4 is 23.2 Å². The van der Waals surface area contributed by atoms with E-state index in [1.165, 1.54) is 11.1 Å². The average Bonchev–Trinajstić information content (AvgIpc) is 3.31. The summed E-state index contributed by atoms with van der Waals surface area (Å²) < 4.78 is 8.87. The largest absolute Gasteiger partial charge is 0.465 e. The van der Waals surface area contributed by atoms with E-state index in [9.17, 15) is 19.5 Å². The van der Waals surface area contributed by atoms with Gasteiger partial charge in [0, 0.05) is 44.8 Å². The van der Waals surface area contributed by atoms with Gasteiger partial charge in [0.15, 0.2) is 0 Å². The Morgan fingerprint density at radius 2 is 1.51 bits per heavy atom. The van der Waals surface area contributed by atoms with Crippen molar-refractivity contribution in [3.05, 3.63) is 107 Å². The first-order chi connectivity index (χ1) is 22.6. The normalized spacial score (nSPS) is 16.8. The molecule has 10 nitrogen and oxygen atoms in total. The number of nitrogens with zero attached hydrogens (tertiary/aromatic N) is 4. The lowest BCUT2D eigenvalue weighted by Gasteiger charge is -2.38. The van der Waals surface area contributed by atoms with Crippen LogP contribution in [0.4, 0.5) is 9.59 Å². The van der Waals surface area contributed by atoms with Gasteiger partial charge in [-0.25, -0.2) is 14.4 Å². The van der Waals surface area contributed by atoms with Gasteiger partial charge in [-0.1, -0.05) is 72.8 Å². The zero-order valence-electron chi connectivity index (χ0n) is 27.7. The van der Waals surface area contributed by atoms with Crippen molar-refractivity contribution in [3.8, 4) is 0 Å². The zero-order valence-corrected chi connectivity index (χ0v) is 27.7. The van der Waals surface area contributed by atoms with Crippen LogP contribution in [0.15, 0.2) is 89.7 Å². The Labute approximate surface area is 276 Å². The van der Waals surface area contributed by atoms with E-state index in [0.29, 0.717) is 32.4 Å². The maximum Gasteiger partial charge on any atom is 0.407 e. The number of rotatable bonds is 12. The Morgan fingerprint density at radius 3 is 2.11 bits per heavy atom. The van der Waals surface area contributed by atoms with Gasteiger partial charge in [-0.3, -0.25) is 14.0 Å². The van der Waals surface area contributed by atoms with Crippen molar-refractivity contribution in [1.29, 1.82) is 0 Å². The molecule has 1 aliphatic rings. The van der Waals surface area contributed by atoms with Crippen LogP contribution in [0, 0.1) is 0 Å². The van der Waals surface area contributed by atoms with Crippen LogP contribution >= 0.6 is 0 Å². The van der Waals surface area contributed by atoms with Gasteiger partial charge in [-0.15, -0.1) is 0 Å². The Morgan fingerprint density at radius 1 is 0.915 bits per heavy atom. The molecule has 3 aromatic carbocycles. The minimum atomic E-state index is -0.915. The zero-order chi connectivity index (χ0) is 33.4. The molecule has 5 rings (SSSR count). The minimum Gasteiger partial charge on any atom is -0.465 e. The summed E-state index contributed by atoms with van der Waals surface area (Å²) in [5.74, 6) is 0. The van der Waals surface area contributed by atoms with Gasteiger partial charge in [0.05, 0.1) is 11.0 Å². The van der Waals surface area contributed by atoms with Crippen molar-refractivity contribution in [1.82, 2.24) is 24.3 Å². The lowest BCUT2D eigenvalue weighted by molar-refractivity contribution is 0.0525. The number of carbonyl (C=O) groups excluding carboxylic acids is 1. The molecule has 1 aromatic heterocycles. The molecule has 0 bridgehead atoms. The SMILES string of the molecule is CC(C)(C)OC(=O)NCCn1c(=O)n([C@H]2CCN(C(=O)O)[C@@H](CCCN(Cc3ccccc3)Cc3ccccc3)C2)c2ccccc21. The van der Waals surface area contributed by atoms with E-state index in [1.54, 1.807) is 30.2 Å². The van der Waals surface area contributed by atoms with Gasteiger partial charge in [0.2, 0.25) is 0 Å². The summed E-state index contributed by atoms with van der Waals surface area (Å²) in [6.07, 6.45) is 1.21. The third-order valence-electron chi connectivity index (χ3n) is 8.68. The van der Waals surface area contributed by atoms with Crippen LogP contribution in [0.25, 0.3) is 11.0 Å². The number of alkyl carbamates (subject to hydrolysis) is 1. The smallest absolute Gasteiger partial charge is 0.407 e. The number of carbonyl (C=O) groups is 2. The summed E-state index contributed by atoms with van der Waals surface area (Å²) in [6.45, 7) is 8.76. The average molecular weight is 642 g/mol. The molecule has 10 heteroatoms. The molecule has 1 fully saturated rings. The van der Waals surface area contributed by atoms with Gasteiger partial charge >= 0.3 is 17.9 Å². The molecule has 0 unspecified atom stereocenters. The Balaban J connectivity index is 1.29. The van der Waals surface area contributed by atoms with Crippen LogP contribution in [0.1, 0.15) is 63.6 Å². The summed E-state index contributed by atoms with van der Waals surface area (Å²) in [5.41, 5.74) is 3.33. The van der Waals surface area contributed by atoms with Crippen LogP contribution in [0.5, 0.6) is 0 Å². The second kappa shape index (κ2) is 15.3. The second-order valence-corrected chi connectivity index (χ2v) is 13.4. The number of carboxylic acid groups (broad SMARTS) is 1. The molecule has 0 radical (unpaired) electrons. The topological polar surface area (TPSA) is 109 Å². The third-order valence-corrected chi connectivity index (χ3v) is 8.68. The van der Waals surface area contributed by atoms with Crippen LogP contribution in [0.3, 0.4) is 0 Å². The predicted molar refractivity (Wildman–Crippen MR) is 183 cm³/mol. The van der Waals surface area contributed by atoms with E-state index in [1.807, 2.05) is 41.0 Å². The standard InChI is InChI=1S/C37H47N5O5/c1-37(2,3)47-34(43)38-21-24-41-32-18-10-11-19-33(32)42(35(41)44)31-20-23-40(36(45)46)30(25-31)17-12-22-39(26-28-13-6-4-7-14-28)27-29-15-8-5-9-16-29/h4-11,13-16,18-19,30-31H,12,17,20-27H2,1-3H3,(H,38,43)(H,45,46)/t30-,31-/m0/s1. The first-order valence-corrected chi connectivity index (χ1v) is 16.6. The number of hydrogen-bond donors (Lipinski definition) is 2. The number of nitrogens with one attached hydrogen (secondary N) is 1. The quantitative estimate of drug-likeness (QED) is 0.183. The highest BCUT2D eigenvalue weighted by atomic mass is 16.6. The first kappa shape index (κ1) is 33.8. The number of amides is 2. The number of aromatic nitrogens is 2. The Kier molecular flexibility index (Phi) is 11.0. The van der Waals surface area contributed by atoms with E-state index in [4.69, 9.17) is 4.74 Å². The van der Waals surface area contributed by atoms with Crippen LogP contribution in [-0.2, 0) is 24.4 Å². The molecule has 1 saturated heterocycles. The van der Waals surface area contributed by atoms with E-state index < -0.39 is 17.8 Å². The molecule has 2 atom stereocenters. The maximum atomic E-state index is 13.9. The monoisotopic (exact) mass is 641 g/mol. The number of ether oxygens (including phenoxy) is 1. The summed E-state index contributed by atoms with van der Waals surface area (Å²) in [5, 5.41) is 12.9. The van der Waals surface area contributed by atoms with Gasteiger partial charge < -0.3 is 20.1 Å². The van der Waals surface area contributed by atoms with Crippen molar-refractivity contribution in [2.75, 3.05) is 19.6 Å². The number of likely N-dealkylation sites (tertiary alicyclic amines) is 1. The van der Waals surface area contributed by atoms with E-state index in [0.717, 1.165) is 37.1 Å². The molecule has 250 valence electrons. The molecule has 4 aromatic rings. The molecule has 2 N–H and O–H groups in total. The molecule has 1 aliphatic heterocycles. The molecule has 0 saturated carbocycles. The Bertz CT molecular complexity index is 1640.